The maximum Gasteiger partial charge on any atom is 0.222 e. The normalized spacial score (nSPS) is 10.2. The molecule has 86 valence electrons. The van der Waals surface area contributed by atoms with E-state index in [0.717, 1.165) is 11.3 Å². The van der Waals surface area contributed by atoms with Crippen molar-refractivity contribution >= 4 is 0 Å². The van der Waals surface area contributed by atoms with Gasteiger partial charge in [0.2, 0.25) is 5.82 Å². The summed E-state index contributed by atoms with van der Waals surface area (Å²) < 4.78 is 0. The van der Waals surface area contributed by atoms with Gasteiger partial charge in [-0.2, -0.15) is 0 Å². The van der Waals surface area contributed by atoms with Gasteiger partial charge in [-0.15, -0.1) is 20.4 Å². The minimum Gasteiger partial charge on any atom is -0.256 e. The Kier molecular flexibility index (Phi) is 2.67. The van der Waals surface area contributed by atoms with Crippen LogP contribution in [0.25, 0.3) is 22.8 Å². The van der Waals surface area contributed by atoms with Gasteiger partial charge in [0.1, 0.15) is 5.69 Å². The Hall–Kier alpha value is -2.76. The maximum atomic E-state index is 4.30. The lowest BCUT2D eigenvalue weighted by atomic mass is 10.1. The minimum atomic E-state index is 0.388. The van der Waals surface area contributed by atoms with E-state index < -0.39 is 0 Å². The molecule has 0 radical (unpaired) electrons. The summed E-state index contributed by atoms with van der Waals surface area (Å²) in [5.74, 6) is 0.388. The molecule has 0 atom stereocenters. The second-order valence-corrected chi connectivity index (χ2v) is 3.48. The summed E-state index contributed by atoms with van der Waals surface area (Å²) in [4.78, 5) is 8.58. The van der Waals surface area contributed by atoms with Crippen molar-refractivity contribution in [2.75, 3.05) is 0 Å². The van der Waals surface area contributed by atoms with Gasteiger partial charge in [-0.3, -0.25) is 9.97 Å². The number of aromatic nitrogens is 6. The van der Waals surface area contributed by atoms with E-state index in [1.165, 1.54) is 6.33 Å². The minimum absolute atomic E-state index is 0.388. The molecule has 0 aliphatic rings. The average Bonchev–Trinajstić information content (AvgIpc) is 2.49. The number of rotatable bonds is 2. The SMILES string of the molecule is c1ccc(-c2cccnc2-c2nncnn2)nc1. The first-order valence-corrected chi connectivity index (χ1v) is 5.32. The molecule has 0 bridgehead atoms. The quantitative estimate of drug-likeness (QED) is 0.669. The van der Waals surface area contributed by atoms with Crippen LogP contribution in [0.1, 0.15) is 0 Å². The Morgan fingerprint density at radius 2 is 1.61 bits per heavy atom. The van der Waals surface area contributed by atoms with Gasteiger partial charge in [-0.25, -0.2) is 0 Å². The van der Waals surface area contributed by atoms with Gasteiger partial charge in [0, 0.05) is 18.0 Å². The molecule has 3 aromatic heterocycles. The fourth-order valence-corrected chi connectivity index (χ4v) is 1.61. The van der Waals surface area contributed by atoms with E-state index in [9.17, 15) is 0 Å². The summed E-state index contributed by atoms with van der Waals surface area (Å²) in [6.45, 7) is 0. The van der Waals surface area contributed by atoms with Crippen molar-refractivity contribution in [3.05, 3.63) is 49.1 Å². The van der Waals surface area contributed by atoms with E-state index in [2.05, 4.69) is 30.4 Å². The number of nitrogens with zero attached hydrogens (tertiary/aromatic N) is 6. The summed E-state index contributed by atoms with van der Waals surface area (Å²) in [6, 6.07) is 9.45. The molecule has 0 aliphatic carbocycles. The van der Waals surface area contributed by atoms with Gasteiger partial charge < -0.3 is 0 Å². The van der Waals surface area contributed by atoms with Crippen LogP contribution in [-0.2, 0) is 0 Å². The largest absolute Gasteiger partial charge is 0.256 e. The second-order valence-electron chi connectivity index (χ2n) is 3.48. The lowest BCUT2D eigenvalue weighted by Gasteiger charge is -2.04. The smallest absolute Gasteiger partial charge is 0.222 e. The molecule has 0 saturated carbocycles. The number of hydrogen-bond donors (Lipinski definition) is 0. The highest BCUT2D eigenvalue weighted by Crippen LogP contribution is 2.25. The van der Waals surface area contributed by atoms with E-state index in [1.54, 1.807) is 12.4 Å². The van der Waals surface area contributed by atoms with E-state index in [0.29, 0.717) is 11.5 Å². The summed E-state index contributed by atoms with van der Waals surface area (Å²) in [5.41, 5.74) is 2.29. The van der Waals surface area contributed by atoms with E-state index >= 15 is 0 Å². The molecule has 0 spiro atoms. The summed E-state index contributed by atoms with van der Waals surface area (Å²) in [7, 11) is 0. The third-order valence-corrected chi connectivity index (χ3v) is 2.37. The summed E-state index contributed by atoms with van der Waals surface area (Å²) in [5, 5.41) is 15.3. The first-order valence-electron chi connectivity index (χ1n) is 5.32. The van der Waals surface area contributed by atoms with Crippen molar-refractivity contribution in [3.63, 3.8) is 0 Å². The van der Waals surface area contributed by atoms with Gasteiger partial charge in [0.05, 0.1) is 5.69 Å². The highest BCUT2D eigenvalue weighted by molar-refractivity contribution is 5.74. The Morgan fingerprint density at radius 1 is 0.778 bits per heavy atom. The van der Waals surface area contributed by atoms with Crippen molar-refractivity contribution in [2.45, 2.75) is 0 Å². The predicted molar refractivity (Wildman–Crippen MR) is 64.1 cm³/mol. The zero-order chi connectivity index (χ0) is 12.2. The molecule has 18 heavy (non-hydrogen) atoms. The maximum absolute atomic E-state index is 4.30. The number of hydrogen-bond acceptors (Lipinski definition) is 6. The molecule has 3 heterocycles. The molecule has 3 rings (SSSR count). The van der Waals surface area contributed by atoms with Crippen molar-refractivity contribution in [3.8, 4) is 22.8 Å². The van der Waals surface area contributed by atoms with E-state index in [4.69, 9.17) is 0 Å². The van der Waals surface area contributed by atoms with Crippen LogP contribution in [0.2, 0.25) is 0 Å². The molecule has 0 aliphatic heterocycles. The standard InChI is InChI=1S/C12H8N6/c1-2-6-13-10(5-1)9-4-3-7-14-11(9)12-17-15-8-16-18-12/h1-8H. The van der Waals surface area contributed by atoms with Gasteiger partial charge in [-0.05, 0) is 24.3 Å². The number of pyridine rings is 2. The highest BCUT2D eigenvalue weighted by atomic mass is 15.3. The molecule has 3 aromatic rings. The molecule has 6 nitrogen and oxygen atoms in total. The molecule has 0 fully saturated rings. The van der Waals surface area contributed by atoms with E-state index in [-0.39, 0.29) is 0 Å². The van der Waals surface area contributed by atoms with Gasteiger partial charge in [-0.1, -0.05) is 6.07 Å². The van der Waals surface area contributed by atoms with Crippen LogP contribution in [0.5, 0.6) is 0 Å². The fraction of sp³-hybridized carbons (Fsp3) is 0. The van der Waals surface area contributed by atoms with Gasteiger partial charge >= 0.3 is 0 Å². The molecule has 0 N–H and O–H groups in total. The van der Waals surface area contributed by atoms with Crippen molar-refractivity contribution < 1.29 is 0 Å². The van der Waals surface area contributed by atoms with Crippen LogP contribution >= 0.6 is 0 Å². The Labute approximate surface area is 103 Å². The average molecular weight is 236 g/mol. The molecular weight excluding hydrogens is 228 g/mol. The van der Waals surface area contributed by atoms with Crippen molar-refractivity contribution in [1.82, 2.24) is 30.4 Å². The fourth-order valence-electron chi connectivity index (χ4n) is 1.61. The Balaban J connectivity index is 2.18. The van der Waals surface area contributed by atoms with E-state index in [1.807, 2.05) is 30.3 Å². The zero-order valence-corrected chi connectivity index (χ0v) is 9.30. The molecule has 0 unspecified atom stereocenters. The monoisotopic (exact) mass is 236 g/mol. The molecular formula is C12H8N6. The lowest BCUT2D eigenvalue weighted by Crippen LogP contribution is -1.98. The van der Waals surface area contributed by atoms with Crippen molar-refractivity contribution in [2.24, 2.45) is 0 Å². The Bertz CT molecular complexity index is 582. The van der Waals surface area contributed by atoms with Crippen LogP contribution in [0.15, 0.2) is 49.1 Å². The molecule has 6 heteroatoms. The van der Waals surface area contributed by atoms with Crippen LogP contribution < -0.4 is 0 Å². The van der Waals surface area contributed by atoms with Crippen LogP contribution in [0.3, 0.4) is 0 Å². The molecule has 0 aromatic carbocycles. The van der Waals surface area contributed by atoms with Crippen molar-refractivity contribution in [1.29, 1.82) is 0 Å². The topological polar surface area (TPSA) is 77.3 Å². The summed E-state index contributed by atoms with van der Waals surface area (Å²) >= 11 is 0. The lowest BCUT2D eigenvalue weighted by molar-refractivity contribution is 0.859. The highest BCUT2D eigenvalue weighted by Gasteiger charge is 2.11. The first-order chi connectivity index (χ1) is 8.95. The third-order valence-electron chi connectivity index (χ3n) is 2.37. The van der Waals surface area contributed by atoms with Crippen LogP contribution in [-0.4, -0.2) is 30.4 Å². The van der Waals surface area contributed by atoms with Crippen LogP contribution in [0.4, 0.5) is 0 Å². The van der Waals surface area contributed by atoms with Gasteiger partial charge in [0.15, 0.2) is 6.33 Å². The second kappa shape index (κ2) is 4.62. The predicted octanol–water partition coefficient (Wildman–Crippen LogP) is 1.39. The molecule has 0 saturated heterocycles. The first kappa shape index (κ1) is 10.4. The molecule has 0 amide bonds. The van der Waals surface area contributed by atoms with Crippen LogP contribution in [0, 0.1) is 0 Å². The zero-order valence-electron chi connectivity index (χ0n) is 9.30. The third kappa shape index (κ3) is 1.91. The summed E-state index contributed by atoms with van der Waals surface area (Å²) in [6.07, 6.45) is 4.69. The Morgan fingerprint density at radius 3 is 2.39 bits per heavy atom. The van der Waals surface area contributed by atoms with Gasteiger partial charge in [0.25, 0.3) is 0 Å².